The number of carbonyl (C=O) groups excluding carboxylic acids is 3. The van der Waals surface area contributed by atoms with Crippen LogP contribution in [0.4, 0.5) is 0 Å². The molecule has 0 spiro atoms. The Bertz CT molecular complexity index is 838. The molecule has 1 aromatic rings. The highest BCUT2D eigenvalue weighted by atomic mass is 32.2. The number of carboxylic acid groups (broad SMARTS) is 1. The number of rotatable bonds is 7. The van der Waals surface area contributed by atoms with Gasteiger partial charge in [0, 0.05) is 18.2 Å². The maximum Gasteiger partial charge on any atom is 0.352 e. The summed E-state index contributed by atoms with van der Waals surface area (Å²) < 4.78 is 4.90. The van der Waals surface area contributed by atoms with Crippen molar-refractivity contribution in [2.75, 3.05) is 18.6 Å². The van der Waals surface area contributed by atoms with Gasteiger partial charge in [-0.05, 0) is 28.6 Å². The predicted molar refractivity (Wildman–Crippen MR) is 107 cm³/mol. The normalized spacial score (nSPS) is 22.2. The first-order valence-electron chi connectivity index (χ1n) is 8.23. The summed E-state index contributed by atoms with van der Waals surface area (Å²) in [5.41, 5.74) is 1.06. The topological polar surface area (TPSA) is 113 Å². The van der Waals surface area contributed by atoms with Gasteiger partial charge in [0.2, 0.25) is 5.91 Å². The first-order valence-corrected chi connectivity index (χ1v) is 11.5. The van der Waals surface area contributed by atoms with Crippen molar-refractivity contribution in [3.8, 4) is 0 Å². The van der Waals surface area contributed by atoms with Gasteiger partial charge in [0.1, 0.15) is 29.0 Å². The first kappa shape index (κ1) is 20.7. The third kappa shape index (κ3) is 3.91. The molecule has 2 aliphatic heterocycles. The van der Waals surface area contributed by atoms with Gasteiger partial charge in [-0.15, -0.1) is 23.5 Å². The van der Waals surface area contributed by atoms with E-state index in [1.807, 2.05) is 23.1 Å². The number of amides is 2. The summed E-state index contributed by atoms with van der Waals surface area (Å²) in [6, 6.07) is 1.08. The zero-order valence-corrected chi connectivity index (χ0v) is 17.5. The number of aliphatic carboxylic acids is 1. The number of esters is 1. The van der Waals surface area contributed by atoms with Crippen molar-refractivity contribution in [3.05, 3.63) is 33.7 Å². The molecule has 8 nitrogen and oxygen atoms in total. The maximum atomic E-state index is 12.7. The van der Waals surface area contributed by atoms with Gasteiger partial charge in [0.15, 0.2) is 0 Å². The van der Waals surface area contributed by atoms with Crippen molar-refractivity contribution in [1.82, 2.24) is 10.2 Å². The molecule has 3 atom stereocenters. The van der Waals surface area contributed by atoms with E-state index in [4.69, 9.17) is 4.74 Å². The number of thioether (sulfide) groups is 2. The number of carbonyl (C=O) groups is 4. The first-order chi connectivity index (χ1) is 13.3. The lowest BCUT2D eigenvalue weighted by atomic mass is 10.0. The number of nitrogens with zero attached hydrogens (tertiary/aromatic N) is 1. The van der Waals surface area contributed by atoms with Crippen molar-refractivity contribution < 1.29 is 29.0 Å². The zero-order valence-electron chi connectivity index (χ0n) is 15.0. The van der Waals surface area contributed by atoms with Crippen LogP contribution >= 0.6 is 34.9 Å². The van der Waals surface area contributed by atoms with E-state index in [1.165, 1.54) is 46.7 Å². The van der Waals surface area contributed by atoms with Gasteiger partial charge in [0.25, 0.3) is 5.91 Å². The lowest BCUT2D eigenvalue weighted by Gasteiger charge is -2.49. The van der Waals surface area contributed by atoms with E-state index in [1.54, 1.807) is 0 Å². The standard InChI is InChI=1S/C17H18N2O6S3/c1-8(20)25-5-10-7-28-16-11(15(22)19(16)12(10)17(23)24)18-14(21)13(26-2)9-3-4-27-6-9/h3-4,6,11,13,16H,5,7H2,1-2H3,(H,18,21)(H,23,24)/t11?,13?,16-/m0/s1. The molecule has 0 aromatic carbocycles. The van der Waals surface area contributed by atoms with Crippen LogP contribution < -0.4 is 5.32 Å². The lowest BCUT2D eigenvalue weighted by Crippen LogP contribution is -2.70. The number of thiophene rings is 1. The summed E-state index contributed by atoms with van der Waals surface area (Å²) in [5.74, 6) is -2.25. The summed E-state index contributed by atoms with van der Waals surface area (Å²) in [7, 11) is 0. The highest BCUT2D eigenvalue weighted by Crippen LogP contribution is 2.41. The van der Waals surface area contributed by atoms with Gasteiger partial charge in [-0.2, -0.15) is 11.3 Å². The summed E-state index contributed by atoms with van der Waals surface area (Å²) in [6.45, 7) is 1.06. The maximum absolute atomic E-state index is 12.7. The molecule has 2 aliphatic rings. The summed E-state index contributed by atoms with van der Waals surface area (Å²) in [4.78, 5) is 49.2. The third-order valence-corrected chi connectivity index (χ3v) is 7.32. The van der Waals surface area contributed by atoms with Crippen LogP contribution in [0.2, 0.25) is 0 Å². The largest absolute Gasteiger partial charge is 0.477 e. The van der Waals surface area contributed by atoms with Crippen LogP contribution in [0.25, 0.3) is 0 Å². The molecule has 0 aliphatic carbocycles. The van der Waals surface area contributed by atoms with Gasteiger partial charge in [-0.3, -0.25) is 19.3 Å². The Morgan fingerprint density at radius 2 is 2.21 bits per heavy atom. The van der Waals surface area contributed by atoms with Gasteiger partial charge >= 0.3 is 11.9 Å². The monoisotopic (exact) mass is 442 g/mol. The molecule has 0 radical (unpaired) electrons. The Morgan fingerprint density at radius 1 is 1.46 bits per heavy atom. The van der Waals surface area contributed by atoms with Gasteiger partial charge in [0.05, 0.1) is 0 Å². The van der Waals surface area contributed by atoms with E-state index in [0.29, 0.717) is 11.3 Å². The Morgan fingerprint density at radius 3 is 2.79 bits per heavy atom. The molecular formula is C17H18N2O6S3. The fourth-order valence-corrected chi connectivity index (χ4v) is 5.83. The number of carboxylic acids is 1. The summed E-state index contributed by atoms with van der Waals surface area (Å²) in [6.07, 6.45) is 1.82. The van der Waals surface area contributed by atoms with Crippen LogP contribution in [0.3, 0.4) is 0 Å². The molecule has 0 saturated carbocycles. The average Bonchev–Trinajstić information content (AvgIpc) is 3.18. The number of ether oxygens (including phenoxy) is 1. The number of fused-ring (bicyclic) bond motifs is 1. The fourth-order valence-electron chi connectivity index (χ4n) is 3.03. The molecule has 1 aromatic heterocycles. The molecule has 2 unspecified atom stereocenters. The summed E-state index contributed by atoms with van der Waals surface area (Å²) >= 11 is 4.20. The minimum absolute atomic E-state index is 0.167. The molecular weight excluding hydrogens is 424 g/mol. The number of hydrogen-bond donors (Lipinski definition) is 2. The van der Waals surface area contributed by atoms with Gasteiger partial charge in [-0.25, -0.2) is 4.79 Å². The van der Waals surface area contributed by atoms with Crippen LogP contribution in [-0.4, -0.2) is 63.8 Å². The molecule has 28 heavy (non-hydrogen) atoms. The van der Waals surface area contributed by atoms with E-state index in [9.17, 15) is 24.3 Å². The van der Waals surface area contributed by atoms with E-state index in [0.717, 1.165) is 5.56 Å². The molecule has 1 fully saturated rings. The Hall–Kier alpha value is -1.98. The van der Waals surface area contributed by atoms with Crippen LogP contribution in [0.5, 0.6) is 0 Å². The van der Waals surface area contributed by atoms with E-state index < -0.39 is 34.5 Å². The van der Waals surface area contributed by atoms with E-state index in [-0.39, 0.29) is 18.2 Å². The van der Waals surface area contributed by atoms with E-state index >= 15 is 0 Å². The zero-order chi connectivity index (χ0) is 20.4. The van der Waals surface area contributed by atoms with Crippen molar-refractivity contribution >= 4 is 58.6 Å². The van der Waals surface area contributed by atoms with Crippen molar-refractivity contribution in [2.24, 2.45) is 0 Å². The third-order valence-electron chi connectivity index (χ3n) is 4.32. The Balaban J connectivity index is 1.74. The highest BCUT2D eigenvalue weighted by Gasteiger charge is 2.54. The Labute approximate surface area is 173 Å². The predicted octanol–water partition coefficient (Wildman–Crippen LogP) is 1.45. The second-order valence-electron chi connectivity index (χ2n) is 6.11. The summed E-state index contributed by atoms with van der Waals surface area (Å²) in [5, 5.41) is 15.1. The number of nitrogens with one attached hydrogen (secondary N) is 1. The van der Waals surface area contributed by atoms with Crippen LogP contribution in [0.15, 0.2) is 28.1 Å². The SMILES string of the molecule is CSC(C(=O)NC1C(=O)N2C(C(=O)O)=C(COC(C)=O)CS[C@@H]12)c1ccsc1. The number of hydrogen-bond acceptors (Lipinski definition) is 8. The van der Waals surface area contributed by atoms with Crippen LogP contribution in [0, 0.1) is 0 Å². The molecule has 2 amide bonds. The molecule has 150 valence electrons. The van der Waals surface area contributed by atoms with Crippen molar-refractivity contribution in [1.29, 1.82) is 0 Å². The molecule has 3 heterocycles. The minimum Gasteiger partial charge on any atom is -0.477 e. The quantitative estimate of drug-likeness (QED) is 0.482. The lowest BCUT2D eigenvalue weighted by molar-refractivity contribution is -0.151. The van der Waals surface area contributed by atoms with Crippen LogP contribution in [-0.2, 0) is 23.9 Å². The molecule has 3 rings (SSSR count). The van der Waals surface area contributed by atoms with Crippen molar-refractivity contribution in [2.45, 2.75) is 23.6 Å². The van der Waals surface area contributed by atoms with Crippen molar-refractivity contribution in [3.63, 3.8) is 0 Å². The molecule has 1 saturated heterocycles. The fraction of sp³-hybridized carbons (Fsp3) is 0.412. The second kappa shape index (κ2) is 8.58. The van der Waals surface area contributed by atoms with Crippen LogP contribution in [0.1, 0.15) is 17.7 Å². The highest BCUT2D eigenvalue weighted by molar-refractivity contribution is 8.00. The van der Waals surface area contributed by atoms with E-state index in [2.05, 4.69) is 5.32 Å². The van der Waals surface area contributed by atoms with Gasteiger partial charge < -0.3 is 15.2 Å². The smallest absolute Gasteiger partial charge is 0.352 e. The second-order valence-corrected chi connectivity index (χ2v) is 8.93. The molecule has 2 N–H and O–H groups in total. The average molecular weight is 443 g/mol. The molecule has 0 bridgehead atoms. The molecule has 11 heteroatoms. The van der Waals surface area contributed by atoms with Gasteiger partial charge in [-0.1, -0.05) is 0 Å². The number of β-lactam (4-membered cyclic amide) rings is 1. The minimum atomic E-state index is -1.26. The Kier molecular flexibility index (Phi) is 6.36.